The van der Waals surface area contributed by atoms with Gasteiger partial charge < -0.3 is 5.32 Å². The van der Waals surface area contributed by atoms with E-state index in [0.29, 0.717) is 28.9 Å². The Morgan fingerprint density at radius 3 is 2.67 bits per heavy atom. The first-order valence-corrected chi connectivity index (χ1v) is 5.93. The third kappa shape index (κ3) is 2.76. The number of hydrogen-bond acceptors (Lipinski definition) is 3. The van der Waals surface area contributed by atoms with Crippen LogP contribution in [-0.2, 0) is 6.54 Å². The molecule has 0 spiro atoms. The van der Waals surface area contributed by atoms with Crippen molar-refractivity contribution in [2.45, 2.75) is 20.4 Å². The number of aryl methyl sites for hydroxylation is 1. The Morgan fingerprint density at radius 2 is 1.94 bits per heavy atom. The molecule has 0 radical (unpaired) electrons. The van der Waals surface area contributed by atoms with Crippen LogP contribution < -0.4 is 5.32 Å². The van der Waals surface area contributed by atoms with Crippen LogP contribution in [0.3, 0.4) is 0 Å². The van der Waals surface area contributed by atoms with Crippen molar-refractivity contribution in [2.24, 2.45) is 0 Å². The van der Waals surface area contributed by atoms with Crippen LogP contribution in [0.1, 0.15) is 17.0 Å². The predicted octanol–water partition coefficient (Wildman–Crippen LogP) is 3.50. The molecule has 0 aliphatic heterocycles. The molecule has 0 unspecified atom stereocenters. The third-order valence-corrected chi connectivity index (χ3v) is 2.97. The van der Waals surface area contributed by atoms with Gasteiger partial charge in [-0.05, 0) is 19.9 Å². The Bertz CT molecular complexity index is 572. The predicted molar refractivity (Wildman–Crippen MR) is 70.2 cm³/mol. The lowest BCUT2D eigenvalue weighted by Crippen LogP contribution is -2.07. The maximum absolute atomic E-state index is 13.5. The molecule has 0 bridgehead atoms. The molecule has 0 atom stereocenters. The lowest BCUT2D eigenvalue weighted by Gasteiger charge is -2.10. The Kier molecular flexibility index (Phi) is 3.77. The van der Waals surface area contributed by atoms with Crippen molar-refractivity contribution >= 4 is 17.4 Å². The molecule has 0 saturated heterocycles. The highest BCUT2D eigenvalue weighted by molar-refractivity contribution is 6.30. The van der Waals surface area contributed by atoms with Crippen molar-refractivity contribution < 1.29 is 4.39 Å². The summed E-state index contributed by atoms with van der Waals surface area (Å²) in [5.41, 5.74) is 1.35. The summed E-state index contributed by atoms with van der Waals surface area (Å²) in [5, 5.41) is 3.49. The van der Waals surface area contributed by atoms with Crippen LogP contribution in [0.15, 0.2) is 24.3 Å². The average Bonchev–Trinajstić information content (AvgIpc) is 2.33. The zero-order valence-corrected chi connectivity index (χ0v) is 10.9. The van der Waals surface area contributed by atoms with E-state index in [1.54, 1.807) is 25.1 Å². The zero-order valence-electron chi connectivity index (χ0n) is 10.2. The van der Waals surface area contributed by atoms with E-state index in [1.807, 2.05) is 6.92 Å². The number of benzene rings is 1. The number of halogens is 2. The summed E-state index contributed by atoms with van der Waals surface area (Å²) in [7, 11) is 0. The monoisotopic (exact) mass is 265 g/mol. The van der Waals surface area contributed by atoms with Gasteiger partial charge in [-0.2, -0.15) is 0 Å². The lowest BCUT2D eigenvalue weighted by atomic mass is 10.2. The summed E-state index contributed by atoms with van der Waals surface area (Å²) in [6.45, 7) is 3.95. The number of rotatable bonds is 3. The summed E-state index contributed by atoms with van der Waals surface area (Å²) in [6.07, 6.45) is 0. The highest BCUT2D eigenvalue weighted by atomic mass is 35.5. The van der Waals surface area contributed by atoms with Gasteiger partial charge in [0.05, 0.1) is 0 Å². The minimum Gasteiger partial charge on any atom is -0.366 e. The molecule has 94 valence electrons. The van der Waals surface area contributed by atoms with Gasteiger partial charge in [-0.3, -0.25) is 0 Å². The summed E-state index contributed by atoms with van der Waals surface area (Å²) in [5.74, 6) is 0.983. The van der Waals surface area contributed by atoms with Crippen molar-refractivity contribution in [3.8, 4) is 0 Å². The van der Waals surface area contributed by atoms with Gasteiger partial charge in [0.1, 0.15) is 22.6 Å². The van der Waals surface area contributed by atoms with E-state index in [0.717, 1.165) is 5.56 Å². The van der Waals surface area contributed by atoms with Gasteiger partial charge in [-0.15, -0.1) is 0 Å². The van der Waals surface area contributed by atoms with Gasteiger partial charge in [-0.1, -0.05) is 29.8 Å². The SMILES string of the molecule is Cc1nc(Cl)c(C)c(NCc2ccccc2F)n1. The first-order chi connectivity index (χ1) is 8.58. The Morgan fingerprint density at radius 1 is 1.22 bits per heavy atom. The van der Waals surface area contributed by atoms with Crippen molar-refractivity contribution in [2.75, 3.05) is 5.32 Å². The third-order valence-electron chi connectivity index (χ3n) is 2.60. The highest BCUT2D eigenvalue weighted by Crippen LogP contribution is 2.20. The quantitative estimate of drug-likeness (QED) is 0.863. The molecular formula is C13H13ClFN3. The van der Waals surface area contributed by atoms with Crippen LogP contribution in [-0.4, -0.2) is 9.97 Å². The van der Waals surface area contributed by atoms with Crippen LogP contribution in [0.25, 0.3) is 0 Å². The standard InChI is InChI=1S/C13H13ClFN3/c1-8-12(14)17-9(2)18-13(8)16-7-10-5-3-4-6-11(10)15/h3-6H,7H2,1-2H3,(H,16,17,18). The zero-order chi connectivity index (χ0) is 13.1. The molecule has 2 aromatic rings. The molecule has 0 saturated carbocycles. The molecule has 3 nitrogen and oxygen atoms in total. The summed E-state index contributed by atoms with van der Waals surface area (Å²) >= 11 is 5.97. The first kappa shape index (κ1) is 12.8. The summed E-state index contributed by atoms with van der Waals surface area (Å²) < 4.78 is 13.5. The largest absolute Gasteiger partial charge is 0.366 e. The normalized spacial score (nSPS) is 10.4. The van der Waals surface area contributed by atoms with E-state index in [9.17, 15) is 4.39 Å². The van der Waals surface area contributed by atoms with Crippen LogP contribution in [0.4, 0.5) is 10.2 Å². The van der Waals surface area contributed by atoms with Gasteiger partial charge in [0.2, 0.25) is 0 Å². The maximum atomic E-state index is 13.5. The molecule has 5 heteroatoms. The van der Waals surface area contributed by atoms with Crippen molar-refractivity contribution in [1.82, 2.24) is 9.97 Å². The Balaban J connectivity index is 2.18. The summed E-state index contributed by atoms with van der Waals surface area (Å²) in [6, 6.07) is 6.62. The molecular weight excluding hydrogens is 253 g/mol. The van der Waals surface area contributed by atoms with Crippen molar-refractivity contribution in [1.29, 1.82) is 0 Å². The van der Waals surface area contributed by atoms with Gasteiger partial charge >= 0.3 is 0 Å². The smallest absolute Gasteiger partial charge is 0.137 e. The Hall–Kier alpha value is -1.68. The fourth-order valence-corrected chi connectivity index (χ4v) is 1.80. The van der Waals surface area contributed by atoms with E-state index < -0.39 is 0 Å². The van der Waals surface area contributed by atoms with Gasteiger partial charge in [-0.25, -0.2) is 14.4 Å². The van der Waals surface area contributed by atoms with E-state index in [-0.39, 0.29) is 5.82 Å². The minimum absolute atomic E-state index is 0.237. The van der Waals surface area contributed by atoms with Gasteiger partial charge in [0.15, 0.2) is 0 Å². The molecule has 18 heavy (non-hydrogen) atoms. The average molecular weight is 266 g/mol. The van der Waals surface area contributed by atoms with Crippen LogP contribution in [0.5, 0.6) is 0 Å². The van der Waals surface area contributed by atoms with E-state index in [2.05, 4.69) is 15.3 Å². The fraction of sp³-hybridized carbons (Fsp3) is 0.231. The van der Waals surface area contributed by atoms with Crippen LogP contribution in [0, 0.1) is 19.7 Å². The maximum Gasteiger partial charge on any atom is 0.137 e. The highest BCUT2D eigenvalue weighted by Gasteiger charge is 2.08. The lowest BCUT2D eigenvalue weighted by molar-refractivity contribution is 0.613. The molecule has 1 N–H and O–H groups in total. The molecule has 1 heterocycles. The molecule has 0 fully saturated rings. The first-order valence-electron chi connectivity index (χ1n) is 5.56. The second-order valence-corrected chi connectivity index (χ2v) is 4.34. The number of nitrogens with zero attached hydrogens (tertiary/aromatic N) is 2. The minimum atomic E-state index is -0.237. The van der Waals surface area contributed by atoms with E-state index in [1.165, 1.54) is 6.07 Å². The second kappa shape index (κ2) is 5.31. The second-order valence-electron chi connectivity index (χ2n) is 3.98. The fourth-order valence-electron chi connectivity index (χ4n) is 1.59. The number of aromatic nitrogens is 2. The molecule has 1 aromatic heterocycles. The molecule has 0 amide bonds. The van der Waals surface area contributed by atoms with Crippen LogP contribution >= 0.6 is 11.6 Å². The number of anilines is 1. The molecule has 0 aliphatic carbocycles. The van der Waals surface area contributed by atoms with E-state index in [4.69, 9.17) is 11.6 Å². The Labute approximate surface area is 110 Å². The van der Waals surface area contributed by atoms with Gasteiger partial charge in [0, 0.05) is 17.7 Å². The van der Waals surface area contributed by atoms with Crippen molar-refractivity contribution in [3.63, 3.8) is 0 Å². The van der Waals surface area contributed by atoms with E-state index >= 15 is 0 Å². The molecule has 2 rings (SSSR count). The van der Waals surface area contributed by atoms with Gasteiger partial charge in [0.25, 0.3) is 0 Å². The molecule has 1 aromatic carbocycles. The number of hydrogen-bond donors (Lipinski definition) is 1. The topological polar surface area (TPSA) is 37.8 Å². The van der Waals surface area contributed by atoms with Crippen LogP contribution in [0.2, 0.25) is 5.15 Å². The van der Waals surface area contributed by atoms with Crippen molar-refractivity contribution in [3.05, 3.63) is 52.2 Å². The number of nitrogens with one attached hydrogen (secondary N) is 1. The summed E-state index contributed by atoms with van der Waals surface area (Å²) in [4.78, 5) is 8.30. The molecule has 0 aliphatic rings.